The van der Waals surface area contributed by atoms with Crippen LogP contribution in [0.3, 0.4) is 0 Å². The summed E-state index contributed by atoms with van der Waals surface area (Å²) in [5, 5.41) is 3.84. The summed E-state index contributed by atoms with van der Waals surface area (Å²) in [5.74, 6) is 0.0764. The summed E-state index contributed by atoms with van der Waals surface area (Å²) < 4.78 is 24.4. The molecule has 2 N–H and O–H groups in total. The number of rotatable bonds is 7. The summed E-state index contributed by atoms with van der Waals surface area (Å²) >= 11 is 0. The fourth-order valence-electron chi connectivity index (χ4n) is 4.26. The molecule has 0 radical (unpaired) electrons. The van der Waals surface area contributed by atoms with Gasteiger partial charge in [-0.3, -0.25) is 9.69 Å². The Balaban J connectivity index is 1.21. The van der Waals surface area contributed by atoms with Gasteiger partial charge in [0, 0.05) is 30.1 Å². The van der Waals surface area contributed by atoms with E-state index in [1.54, 1.807) is 12.1 Å². The molecule has 2 atom stereocenters. The lowest BCUT2D eigenvalue weighted by Crippen LogP contribution is -2.43. The van der Waals surface area contributed by atoms with Crippen molar-refractivity contribution in [2.75, 3.05) is 19.3 Å². The number of nitrogens with zero attached hydrogens (tertiary/aromatic N) is 1. The van der Waals surface area contributed by atoms with E-state index in [0.29, 0.717) is 23.6 Å². The molecule has 1 amide bonds. The van der Waals surface area contributed by atoms with Gasteiger partial charge in [-0.1, -0.05) is 42.5 Å². The van der Waals surface area contributed by atoms with Crippen LogP contribution >= 0.6 is 0 Å². The van der Waals surface area contributed by atoms with E-state index in [9.17, 15) is 13.2 Å². The number of amides is 1. The molecule has 1 aliphatic carbocycles. The van der Waals surface area contributed by atoms with Crippen LogP contribution in [0.4, 0.5) is 0 Å². The normalized spacial score (nSPS) is 22.6. The van der Waals surface area contributed by atoms with Gasteiger partial charge in [-0.15, -0.1) is 0 Å². The first-order chi connectivity index (χ1) is 14.4. The molecule has 0 unspecified atom stereocenters. The zero-order valence-electron chi connectivity index (χ0n) is 17.3. The lowest BCUT2D eigenvalue weighted by atomic mass is 10.0. The summed E-state index contributed by atoms with van der Waals surface area (Å²) in [7, 11) is -3.55. The molecule has 0 spiro atoms. The molecule has 0 aromatic heterocycles. The highest BCUT2D eigenvalue weighted by Gasteiger charge is 2.39. The van der Waals surface area contributed by atoms with Crippen molar-refractivity contribution in [3.05, 3.63) is 71.3 Å². The van der Waals surface area contributed by atoms with E-state index in [1.807, 2.05) is 16.9 Å². The van der Waals surface area contributed by atoms with Crippen molar-refractivity contribution < 1.29 is 13.2 Å². The lowest BCUT2D eigenvalue weighted by Gasteiger charge is -2.32. The van der Waals surface area contributed by atoms with Gasteiger partial charge in [0.05, 0.1) is 6.26 Å². The number of nitrogens with one attached hydrogen (secondary N) is 2. The van der Waals surface area contributed by atoms with Crippen LogP contribution in [0.1, 0.15) is 46.7 Å². The highest BCUT2D eigenvalue weighted by molar-refractivity contribution is 7.89. The van der Waals surface area contributed by atoms with Gasteiger partial charge in [-0.25, -0.2) is 13.1 Å². The number of hydrogen-bond acceptors (Lipinski definition) is 5. The minimum absolute atomic E-state index is 0.351. The second-order valence-corrected chi connectivity index (χ2v) is 10.2. The van der Waals surface area contributed by atoms with Crippen molar-refractivity contribution in [3.8, 4) is 0 Å². The maximum Gasteiger partial charge on any atom is 0.264 e. The van der Waals surface area contributed by atoms with E-state index in [-0.39, 0.29) is 0 Å². The standard InChI is InChI=1S/C23H29N3O3S/c1-30(28,29)25-23(27)19-9-7-17(8-10-19)16-26-13-11-20(12-14-26)24-22-15-21(22)18-5-3-2-4-6-18/h2-10,20-22,24H,11-16H2,1H3,(H,25,27)/t21-,22+/m0/s1. The van der Waals surface area contributed by atoms with Crippen molar-refractivity contribution in [2.24, 2.45) is 0 Å². The van der Waals surface area contributed by atoms with E-state index < -0.39 is 15.9 Å². The molecule has 1 saturated carbocycles. The zero-order chi connectivity index (χ0) is 21.1. The van der Waals surface area contributed by atoms with Crippen LogP contribution in [0.2, 0.25) is 0 Å². The Morgan fingerprint density at radius 3 is 2.33 bits per heavy atom. The third-order valence-electron chi connectivity index (χ3n) is 5.96. The van der Waals surface area contributed by atoms with Crippen LogP contribution in [-0.4, -0.2) is 50.7 Å². The molecule has 2 aromatic rings. The Kier molecular flexibility index (Phi) is 6.22. The number of piperidine rings is 1. The second-order valence-electron chi connectivity index (χ2n) is 8.48. The van der Waals surface area contributed by atoms with Crippen LogP contribution in [-0.2, 0) is 16.6 Å². The molecule has 7 heteroatoms. The first kappa shape index (κ1) is 21.0. The van der Waals surface area contributed by atoms with Crippen LogP contribution in [0.5, 0.6) is 0 Å². The average molecular weight is 428 g/mol. The largest absolute Gasteiger partial charge is 0.311 e. The van der Waals surface area contributed by atoms with E-state index >= 15 is 0 Å². The SMILES string of the molecule is CS(=O)(=O)NC(=O)c1ccc(CN2CCC(N[C@@H]3C[C@H]3c3ccccc3)CC2)cc1. The number of benzene rings is 2. The number of carbonyl (C=O) groups excluding carboxylic acids is 1. The molecule has 160 valence electrons. The molecular formula is C23H29N3O3S. The predicted octanol–water partition coefficient (Wildman–Crippen LogP) is 2.49. The highest BCUT2D eigenvalue weighted by Crippen LogP contribution is 2.41. The Bertz CT molecular complexity index is 969. The van der Waals surface area contributed by atoms with Gasteiger partial charge in [-0.05, 0) is 55.6 Å². The summed E-state index contributed by atoms with van der Waals surface area (Å²) in [6, 6.07) is 19.1. The van der Waals surface area contributed by atoms with Crippen LogP contribution < -0.4 is 10.0 Å². The third kappa shape index (κ3) is 5.68. The second kappa shape index (κ2) is 8.88. The molecule has 2 aliphatic rings. The van der Waals surface area contributed by atoms with Crippen molar-refractivity contribution in [2.45, 2.75) is 43.8 Å². The Hall–Kier alpha value is -2.22. The van der Waals surface area contributed by atoms with E-state index in [2.05, 4.69) is 40.5 Å². The fourth-order valence-corrected chi connectivity index (χ4v) is 4.71. The molecular weight excluding hydrogens is 398 g/mol. The number of sulfonamides is 1. The Morgan fingerprint density at radius 2 is 1.70 bits per heavy atom. The van der Waals surface area contributed by atoms with Crippen molar-refractivity contribution in [1.29, 1.82) is 0 Å². The van der Waals surface area contributed by atoms with E-state index in [1.165, 1.54) is 12.0 Å². The van der Waals surface area contributed by atoms with Crippen LogP contribution in [0.25, 0.3) is 0 Å². The first-order valence-corrected chi connectivity index (χ1v) is 12.4. The fraction of sp³-hybridized carbons (Fsp3) is 0.435. The monoisotopic (exact) mass is 427 g/mol. The Morgan fingerprint density at radius 1 is 1.03 bits per heavy atom. The highest BCUT2D eigenvalue weighted by atomic mass is 32.2. The van der Waals surface area contributed by atoms with Gasteiger partial charge in [0.2, 0.25) is 10.0 Å². The minimum atomic E-state index is -3.55. The van der Waals surface area contributed by atoms with Gasteiger partial charge in [0.1, 0.15) is 0 Å². The molecule has 4 rings (SSSR count). The van der Waals surface area contributed by atoms with Crippen molar-refractivity contribution in [3.63, 3.8) is 0 Å². The minimum Gasteiger partial charge on any atom is -0.311 e. The average Bonchev–Trinajstić information content (AvgIpc) is 3.48. The van der Waals surface area contributed by atoms with Gasteiger partial charge >= 0.3 is 0 Å². The van der Waals surface area contributed by atoms with E-state index in [0.717, 1.165) is 44.3 Å². The lowest BCUT2D eigenvalue weighted by molar-refractivity contribution is 0.0981. The number of likely N-dealkylation sites (tertiary alicyclic amines) is 1. The molecule has 1 aliphatic heterocycles. The topological polar surface area (TPSA) is 78.5 Å². The first-order valence-electron chi connectivity index (χ1n) is 10.5. The molecule has 1 heterocycles. The van der Waals surface area contributed by atoms with E-state index in [4.69, 9.17) is 0 Å². The molecule has 30 heavy (non-hydrogen) atoms. The van der Waals surface area contributed by atoms with Crippen LogP contribution in [0, 0.1) is 0 Å². The van der Waals surface area contributed by atoms with Gasteiger partial charge in [0.15, 0.2) is 0 Å². The summed E-state index contributed by atoms with van der Waals surface area (Å²) in [6.45, 7) is 2.95. The van der Waals surface area contributed by atoms with Crippen LogP contribution in [0.15, 0.2) is 54.6 Å². The maximum atomic E-state index is 11.9. The molecule has 0 bridgehead atoms. The molecule has 1 saturated heterocycles. The zero-order valence-corrected chi connectivity index (χ0v) is 18.1. The number of hydrogen-bond donors (Lipinski definition) is 2. The Labute approximate surface area is 178 Å². The maximum absolute atomic E-state index is 11.9. The third-order valence-corrected chi connectivity index (χ3v) is 6.51. The van der Waals surface area contributed by atoms with Gasteiger partial charge < -0.3 is 5.32 Å². The smallest absolute Gasteiger partial charge is 0.264 e. The molecule has 6 nitrogen and oxygen atoms in total. The van der Waals surface area contributed by atoms with Gasteiger partial charge in [0.25, 0.3) is 5.91 Å². The quantitative estimate of drug-likeness (QED) is 0.710. The molecule has 2 aromatic carbocycles. The predicted molar refractivity (Wildman–Crippen MR) is 118 cm³/mol. The van der Waals surface area contributed by atoms with Crippen molar-refractivity contribution >= 4 is 15.9 Å². The molecule has 2 fully saturated rings. The van der Waals surface area contributed by atoms with Gasteiger partial charge in [-0.2, -0.15) is 0 Å². The number of carbonyl (C=O) groups is 1. The summed E-state index contributed by atoms with van der Waals surface area (Å²) in [5.41, 5.74) is 2.93. The van der Waals surface area contributed by atoms with Crippen molar-refractivity contribution in [1.82, 2.24) is 14.9 Å². The summed E-state index contributed by atoms with van der Waals surface area (Å²) in [4.78, 5) is 14.3. The summed E-state index contributed by atoms with van der Waals surface area (Å²) in [6.07, 6.45) is 4.51.